The molecule has 1 aliphatic heterocycles. The molecule has 0 unspecified atom stereocenters. The number of rotatable bonds is 4. The molecule has 0 radical (unpaired) electrons. The Balaban J connectivity index is 1.61. The largest absolute Gasteiger partial charge is 0.318 e. The van der Waals surface area contributed by atoms with E-state index in [0.717, 1.165) is 43.5 Å². The Labute approximate surface area is 191 Å². The second-order valence-corrected chi connectivity index (χ2v) is 9.27. The third-order valence-electron chi connectivity index (χ3n) is 4.97. The van der Waals surface area contributed by atoms with Crippen molar-refractivity contribution in [2.75, 3.05) is 0 Å². The molecule has 4 rings (SSSR count). The highest BCUT2D eigenvalue weighted by Gasteiger charge is 2.35. The molecule has 0 aliphatic carbocycles. The lowest BCUT2D eigenvalue weighted by Gasteiger charge is -2.12. The highest BCUT2D eigenvalue weighted by Crippen LogP contribution is 2.34. The molecule has 1 saturated heterocycles. The number of halogens is 2. The van der Waals surface area contributed by atoms with E-state index in [0.29, 0.717) is 4.91 Å². The molecule has 1 fully saturated rings. The van der Waals surface area contributed by atoms with E-state index in [2.05, 4.69) is 22.6 Å². The monoisotopic (exact) mass is 532 g/mol. The Morgan fingerprint density at radius 3 is 2.37 bits per heavy atom. The summed E-state index contributed by atoms with van der Waals surface area (Å²) in [6.07, 6.45) is 1.77. The zero-order valence-electron chi connectivity index (χ0n) is 16.4. The van der Waals surface area contributed by atoms with Gasteiger partial charge in [-0.3, -0.25) is 14.5 Å². The zero-order chi connectivity index (χ0) is 21.4. The van der Waals surface area contributed by atoms with Crippen molar-refractivity contribution in [3.63, 3.8) is 0 Å². The number of aromatic nitrogens is 1. The van der Waals surface area contributed by atoms with Crippen LogP contribution >= 0.6 is 34.4 Å². The topological polar surface area (TPSA) is 42.3 Å². The summed E-state index contributed by atoms with van der Waals surface area (Å²) in [6, 6.07) is 16.0. The number of carbonyl (C=O) groups is 2. The lowest BCUT2D eigenvalue weighted by molar-refractivity contribution is -0.123. The molecule has 1 aromatic heterocycles. The van der Waals surface area contributed by atoms with Crippen LogP contribution < -0.4 is 0 Å². The van der Waals surface area contributed by atoms with Gasteiger partial charge in [-0.1, -0.05) is 12.1 Å². The fourth-order valence-corrected chi connectivity index (χ4v) is 4.66. The van der Waals surface area contributed by atoms with E-state index in [1.807, 2.05) is 48.7 Å². The molecule has 1 aliphatic rings. The van der Waals surface area contributed by atoms with Crippen molar-refractivity contribution < 1.29 is 14.0 Å². The Kier molecular flexibility index (Phi) is 5.84. The minimum atomic E-state index is -0.289. The van der Waals surface area contributed by atoms with Crippen molar-refractivity contribution in [3.05, 3.63) is 91.4 Å². The lowest BCUT2D eigenvalue weighted by Crippen LogP contribution is -2.27. The van der Waals surface area contributed by atoms with Crippen molar-refractivity contribution in [3.8, 4) is 5.69 Å². The molecule has 4 nitrogen and oxygen atoms in total. The second kappa shape index (κ2) is 8.39. The molecule has 0 spiro atoms. The van der Waals surface area contributed by atoms with Gasteiger partial charge in [0.1, 0.15) is 5.82 Å². The molecular weight excluding hydrogens is 514 g/mol. The normalized spacial score (nSPS) is 15.5. The van der Waals surface area contributed by atoms with E-state index in [4.69, 9.17) is 0 Å². The van der Waals surface area contributed by atoms with E-state index in [1.165, 1.54) is 17.0 Å². The van der Waals surface area contributed by atoms with Crippen LogP contribution in [-0.2, 0) is 11.3 Å². The maximum absolute atomic E-state index is 13.3. The zero-order valence-corrected chi connectivity index (χ0v) is 19.3. The number of nitrogens with zero attached hydrogens (tertiary/aromatic N) is 2. The predicted octanol–water partition coefficient (Wildman–Crippen LogP) is 6.07. The fourth-order valence-electron chi connectivity index (χ4n) is 3.47. The lowest BCUT2D eigenvalue weighted by atomic mass is 10.2. The van der Waals surface area contributed by atoms with Crippen LogP contribution in [0.2, 0.25) is 0 Å². The van der Waals surface area contributed by atoms with Crippen LogP contribution in [0.15, 0.2) is 59.5 Å². The fraction of sp³-hybridized carbons (Fsp3) is 0.130. The van der Waals surface area contributed by atoms with Gasteiger partial charge in [-0.2, -0.15) is 0 Å². The molecule has 0 N–H and O–H groups in total. The predicted molar refractivity (Wildman–Crippen MR) is 126 cm³/mol. The first-order valence-corrected chi connectivity index (χ1v) is 11.2. The molecule has 0 atom stereocenters. The minimum Gasteiger partial charge on any atom is -0.318 e. The molecule has 152 valence electrons. The van der Waals surface area contributed by atoms with Gasteiger partial charge in [0.15, 0.2) is 0 Å². The van der Waals surface area contributed by atoms with Crippen LogP contribution in [0, 0.1) is 23.2 Å². The first kappa shape index (κ1) is 20.9. The maximum atomic E-state index is 13.3. The highest BCUT2D eigenvalue weighted by atomic mass is 127. The Hall–Kier alpha value is -2.39. The minimum absolute atomic E-state index is 0.257. The average Bonchev–Trinajstić information content (AvgIpc) is 3.14. The standard InChI is InChI=1S/C23H18FIN2O2S/c1-14-11-17(15(2)27(14)20-9-5-18(24)6-10-20)12-21-22(28)26(23(29)30-21)13-16-3-7-19(25)8-4-16/h3-12H,13H2,1-2H3/b21-12-. The summed E-state index contributed by atoms with van der Waals surface area (Å²) in [6.45, 7) is 4.15. The third kappa shape index (κ3) is 4.09. The number of amides is 2. The molecule has 0 saturated carbocycles. The summed E-state index contributed by atoms with van der Waals surface area (Å²) < 4.78 is 16.4. The Morgan fingerprint density at radius 2 is 1.70 bits per heavy atom. The summed E-state index contributed by atoms with van der Waals surface area (Å²) >= 11 is 3.18. The van der Waals surface area contributed by atoms with E-state index in [1.54, 1.807) is 18.2 Å². The van der Waals surface area contributed by atoms with Gasteiger partial charge in [0.2, 0.25) is 0 Å². The van der Waals surface area contributed by atoms with Crippen molar-refractivity contribution in [2.24, 2.45) is 0 Å². The number of carbonyl (C=O) groups excluding carboxylic acids is 2. The quantitative estimate of drug-likeness (QED) is 0.303. The second-order valence-electron chi connectivity index (χ2n) is 7.03. The molecule has 2 aromatic carbocycles. The number of hydrogen-bond acceptors (Lipinski definition) is 3. The third-order valence-corrected chi connectivity index (χ3v) is 6.60. The molecule has 0 bridgehead atoms. The van der Waals surface area contributed by atoms with Gasteiger partial charge >= 0.3 is 0 Å². The van der Waals surface area contributed by atoms with Gasteiger partial charge in [-0.25, -0.2) is 4.39 Å². The van der Waals surface area contributed by atoms with Crippen molar-refractivity contribution >= 4 is 51.6 Å². The number of hydrogen-bond donors (Lipinski definition) is 0. The average molecular weight is 532 g/mol. The summed E-state index contributed by atoms with van der Waals surface area (Å²) in [4.78, 5) is 27.0. The number of thioether (sulfide) groups is 1. The van der Waals surface area contributed by atoms with Crippen LogP contribution in [0.1, 0.15) is 22.5 Å². The Morgan fingerprint density at radius 1 is 1.03 bits per heavy atom. The number of imide groups is 1. The van der Waals surface area contributed by atoms with E-state index in [-0.39, 0.29) is 23.5 Å². The molecule has 3 aromatic rings. The van der Waals surface area contributed by atoms with E-state index < -0.39 is 0 Å². The molecule has 2 heterocycles. The van der Waals surface area contributed by atoms with Crippen LogP contribution in [0.5, 0.6) is 0 Å². The maximum Gasteiger partial charge on any atom is 0.293 e. The Bertz CT molecular complexity index is 1170. The van der Waals surface area contributed by atoms with Gasteiger partial charge in [-0.15, -0.1) is 0 Å². The SMILES string of the molecule is Cc1cc(/C=C2\SC(=O)N(Cc3ccc(I)cc3)C2=O)c(C)n1-c1ccc(F)cc1. The van der Waals surface area contributed by atoms with Gasteiger partial charge < -0.3 is 4.57 Å². The molecule has 30 heavy (non-hydrogen) atoms. The first-order chi connectivity index (χ1) is 14.3. The van der Waals surface area contributed by atoms with Crippen LogP contribution in [-0.4, -0.2) is 20.6 Å². The molecule has 7 heteroatoms. The summed E-state index contributed by atoms with van der Waals surface area (Å²) in [5, 5.41) is -0.267. The van der Waals surface area contributed by atoms with Crippen LogP contribution in [0.25, 0.3) is 11.8 Å². The number of aryl methyl sites for hydroxylation is 1. The summed E-state index contributed by atoms with van der Waals surface area (Å²) in [7, 11) is 0. The summed E-state index contributed by atoms with van der Waals surface area (Å²) in [5.41, 5.74) is 4.50. The van der Waals surface area contributed by atoms with Gasteiger partial charge in [0.25, 0.3) is 11.1 Å². The van der Waals surface area contributed by atoms with Crippen LogP contribution in [0.4, 0.5) is 9.18 Å². The van der Waals surface area contributed by atoms with Gasteiger partial charge in [0, 0.05) is 20.6 Å². The van der Waals surface area contributed by atoms with E-state index >= 15 is 0 Å². The van der Waals surface area contributed by atoms with Crippen molar-refractivity contribution in [2.45, 2.75) is 20.4 Å². The van der Waals surface area contributed by atoms with Gasteiger partial charge in [0.05, 0.1) is 11.4 Å². The van der Waals surface area contributed by atoms with Crippen molar-refractivity contribution in [1.82, 2.24) is 9.47 Å². The number of benzene rings is 2. The van der Waals surface area contributed by atoms with Crippen LogP contribution in [0.3, 0.4) is 0 Å². The van der Waals surface area contributed by atoms with Crippen molar-refractivity contribution in [1.29, 1.82) is 0 Å². The smallest absolute Gasteiger partial charge is 0.293 e. The van der Waals surface area contributed by atoms with Gasteiger partial charge in [-0.05, 0) is 108 Å². The summed E-state index contributed by atoms with van der Waals surface area (Å²) in [5.74, 6) is -0.571. The highest BCUT2D eigenvalue weighted by molar-refractivity contribution is 14.1. The first-order valence-electron chi connectivity index (χ1n) is 9.28. The molecule has 2 amide bonds. The van der Waals surface area contributed by atoms with E-state index in [9.17, 15) is 14.0 Å². The molecular formula is C23H18FIN2O2S.